The summed E-state index contributed by atoms with van der Waals surface area (Å²) in [6.45, 7) is 3.67. The zero-order valence-electron chi connectivity index (χ0n) is 15.0. The Morgan fingerprint density at radius 1 is 0.962 bits per heavy atom. The standard InChI is InChI=1S/C20H22N2O4/c1-4-18(23)22-17-11-9-14(10-12-17)13(2)21-19(24)15-5-7-16(8-6-15)20(25)26-3/h5-13H,4H2,1-3H3,(H,21,24)(H,22,23). The number of hydrogen-bond donors (Lipinski definition) is 2. The second-order valence-corrected chi connectivity index (χ2v) is 5.79. The molecular weight excluding hydrogens is 332 g/mol. The molecule has 0 bridgehead atoms. The van der Waals surface area contributed by atoms with Crippen molar-refractivity contribution in [3.8, 4) is 0 Å². The fraction of sp³-hybridized carbons (Fsp3) is 0.250. The summed E-state index contributed by atoms with van der Waals surface area (Å²) in [5, 5.41) is 5.68. The number of amides is 2. The van der Waals surface area contributed by atoms with Crippen molar-refractivity contribution in [1.82, 2.24) is 5.32 Å². The average molecular weight is 354 g/mol. The lowest BCUT2D eigenvalue weighted by molar-refractivity contribution is -0.115. The molecule has 0 heterocycles. The van der Waals surface area contributed by atoms with Crippen molar-refractivity contribution in [2.45, 2.75) is 26.3 Å². The van der Waals surface area contributed by atoms with Gasteiger partial charge >= 0.3 is 5.97 Å². The molecule has 2 amide bonds. The number of hydrogen-bond acceptors (Lipinski definition) is 4. The van der Waals surface area contributed by atoms with E-state index in [9.17, 15) is 14.4 Å². The van der Waals surface area contributed by atoms with Gasteiger partial charge in [-0.2, -0.15) is 0 Å². The first-order chi connectivity index (χ1) is 12.4. The molecule has 0 saturated heterocycles. The van der Waals surface area contributed by atoms with Crippen LogP contribution in [-0.4, -0.2) is 24.9 Å². The van der Waals surface area contributed by atoms with Gasteiger partial charge in [0.2, 0.25) is 5.91 Å². The van der Waals surface area contributed by atoms with Gasteiger partial charge in [0.05, 0.1) is 18.7 Å². The number of carbonyl (C=O) groups excluding carboxylic acids is 3. The maximum absolute atomic E-state index is 12.3. The first kappa shape index (κ1) is 19.2. The average Bonchev–Trinajstić information content (AvgIpc) is 2.67. The number of nitrogens with one attached hydrogen (secondary N) is 2. The summed E-state index contributed by atoms with van der Waals surface area (Å²) in [7, 11) is 1.31. The van der Waals surface area contributed by atoms with Gasteiger partial charge in [0.25, 0.3) is 5.91 Å². The van der Waals surface area contributed by atoms with Crippen molar-refractivity contribution in [2.24, 2.45) is 0 Å². The molecule has 0 aliphatic heterocycles. The second-order valence-electron chi connectivity index (χ2n) is 5.79. The van der Waals surface area contributed by atoms with Crippen LogP contribution in [0.3, 0.4) is 0 Å². The Bertz CT molecular complexity index is 782. The number of esters is 1. The Balaban J connectivity index is 2.00. The van der Waals surface area contributed by atoms with E-state index in [1.807, 2.05) is 19.1 Å². The molecule has 0 saturated carbocycles. The Hall–Kier alpha value is -3.15. The third kappa shape index (κ3) is 4.92. The highest BCUT2D eigenvalue weighted by atomic mass is 16.5. The first-order valence-corrected chi connectivity index (χ1v) is 8.33. The van der Waals surface area contributed by atoms with Crippen molar-refractivity contribution in [2.75, 3.05) is 12.4 Å². The molecule has 1 atom stereocenters. The fourth-order valence-electron chi connectivity index (χ4n) is 2.34. The van der Waals surface area contributed by atoms with Gasteiger partial charge in [-0.15, -0.1) is 0 Å². The monoisotopic (exact) mass is 354 g/mol. The van der Waals surface area contributed by atoms with Crippen molar-refractivity contribution in [1.29, 1.82) is 0 Å². The maximum atomic E-state index is 12.3. The molecule has 26 heavy (non-hydrogen) atoms. The summed E-state index contributed by atoms with van der Waals surface area (Å²) >= 11 is 0. The Labute approximate surface area is 152 Å². The van der Waals surface area contributed by atoms with Crippen molar-refractivity contribution < 1.29 is 19.1 Å². The van der Waals surface area contributed by atoms with Crippen LogP contribution in [0.25, 0.3) is 0 Å². The molecule has 0 aliphatic carbocycles. The lowest BCUT2D eigenvalue weighted by atomic mass is 10.1. The van der Waals surface area contributed by atoms with Crippen LogP contribution in [-0.2, 0) is 9.53 Å². The Morgan fingerprint density at radius 3 is 2.08 bits per heavy atom. The molecule has 2 rings (SSSR count). The SMILES string of the molecule is CCC(=O)Nc1ccc(C(C)NC(=O)c2ccc(C(=O)OC)cc2)cc1. The normalized spacial score (nSPS) is 11.3. The molecule has 0 fully saturated rings. The minimum Gasteiger partial charge on any atom is -0.465 e. The predicted octanol–water partition coefficient (Wildman–Crippen LogP) is 3.31. The fourth-order valence-corrected chi connectivity index (χ4v) is 2.34. The van der Waals surface area contributed by atoms with E-state index in [0.29, 0.717) is 17.5 Å². The Kier molecular flexibility index (Phi) is 6.49. The largest absolute Gasteiger partial charge is 0.465 e. The van der Waals surface area contributed by atoms with Crippen LogP contribution in [0.1, 0.15) is 52.6 Å². The number of rotatable bonds is 6. The van der Waals surface area contributed by atoms with Crippen LogP contribution in [0.15, 0.2) is 48.5 Å². The van der Waals surface area contributed by atoms with E-state index in [4.69, 9.17) is 0 Å². The van der Waals surface area contributed by atoms with Gasteiger partial charge in [-0.1, -0.05) is 19.1 Å². The van der Waals surface area contributed by atoms with E-state index in [2.05, 4.69) is 15.4 Å². The molecule has 2 aromatic carbocycles. The van der Waals surface area contributed by atoms with Gasteiger partial charge in [0.15, 0.2) is 0 Å². The molecule has 136 valence electrons. The summed E-state index contributed by atoms with van der Waals surface area (Å²) in [6, 6.07) is 13.4. The van der Waals surface area contributed by atoms with E-state index in [1.54, 1.807) is 43.3 Å². The van der Waals surface area contributed by atoms with Crippen LogP contribution in [0.5, 0.6) is 0 Å². The third-order valence-corrected chi connectivity index (χ3v) is 3.93. The van der Waals surface area contributed by atoms with E-state index < -0.39 is 5.97 Å². The predicted molar refractivity (Wildman–Crippen MR) is 99.0 cm³/mol. The molecule has 6 nitrogen and oxygen atoms in total. The van der Waals surface area contributed by atoms with Gasteiger partial charge in [-0.25, -0.2) is 4.79 Å². The highest BCUT2D eigenvalue weighted by molar-refractivity contribution is 5.96. The minimum absolute atomic E-state index is 0.0468. The molecule has 0 spiro atoms. The lowest BCUT2D eigenvalue weighted by Gasteiger charge is -2.15. The van der Waals surface area contributed by atoms with Gasteiger partial charge < -0.3 is 15.4 Å². The summed E-state index contributed by atoms with van der Waals surface area (Å²) < 4.78 is 4.63. The molecular formula is C20H22N2O4. The number of benzene rings is 2. The molecule has 2 N–H and O–H groups in total. The second kappa shape index (κ2) is 8.80. The Morgan fingerprint density at radius 2 is 1.54 bits per heavy atom. The molecule has 0 radical (unpaired) electrons. The highest BCUT2D eigenvalue weighted by Crippen LogP contribution is 2.17. The summed E-state index contributed by atoms with van der Waals surface area (Å²) in [6.07, 6.45) is 0.420. The van der Waals surface area contributed by atoms with Gasteiger partial charge in [0.1, 0.15) is 0 Å². The number of ether oxygens (including phenoxy) is 1. The van der Waals surface area contributed by atoms with Gasteiger partial charge in [0, 0.05) is 17.7 Å². The molecule has 2 aromatic rings. The van der Waals surface area contributed by atoms with E-state index in [1.165, 1.54) is 7.11 Å². The number of methoxy groups -OCH3 is 1. The minimum atomic E-state index is -0.444. The zero-order valence-corrected chi connectivity index (χ0v) is 15.0. The van der Waals surface area contributed by atoms with E-state index >= 15 is 0 Å². The lowest BCUT2D eigenvalue weighted by Crippen LogP contribution is -2.26. The third-order valence-electron chi connectivity index (χ3n) is 3.93. The van der Waals surface area contributed by atoms with Crippen molar-refractivity contribution in [3.63, 3.8) is 0 Å². The van der Waals surface area contributed by atoms with Gasteiger partial charge in [-0.05, 0) is 48.9 Å². The van der Waals surface area contributed by atoms with E-state index in [-0.39, 0.29) is 17.9 Å². The topological polar surface area (TPSA) is 84.5 Å². The number of carbonyl (C=O) groups is 3. The molecule has 0 aromatic heterocycles. The van der Waals surface area contributed by atoms with Crippen LogP contribution in [0.2, 0.25) is 0 Å². The molecule has 0 aliphatic rings. The van der Waals surface area contributed by atoms with Crippen molar-refractivity contribution >= 4 is 23.5 Å². The summed E-state index contributed by atoms with van der Waals surface area (Å²) in [5.74, 6) is -0.729. The smallest absolute Gasteiger partial charge is 0.337 e. The van der Waals surface area contributed by atoms with Crippen LogP contribution >= 0.6 is 0 Å². The maximum Gasteiger partial charge on any atom is 0.337 e. The van der Waals surface area contributed by atoms with Crippen LogP contribution in [0.4, 0.5) is 5.69 Å². The van der Waals surface area contributed by atoms with Crippen LogP contribution in [0, 0.1) is 0 Å². The number of anilines is 1. The molecule has 6 heteroatoms. The summed E-state index contributed by atoms with van der Waals surface area (Å²) in [5.41, 5.74) is 2.48. The van der Waals surface area contributed by atoms with Crippen LogP contribution < -0.4 is 10.6 Å². The first-order valence-electron chi connectivity index (χ1n) is 8.33. The summed E-state index contributed by atoms with van der Waals surface area (Å²) in [4.78, 5) is 35.2. The molecule has 1 unspecified atom stereocenters. The highest BCUT2D eigenvalue weighted by Gasteiger charge is 2.13. The van der Waals surface area contributed by atoms with Gasteiger partial charge in [-0.3, -0.25) is 9.59 Å². The van der Waals surface area contributed by atoms with E-state index in [0.717, 1.165) is 11.3 Å². The van der Waals surface area contributed by atoms with Crippen molar-refractivity contribution in [3.05, 3.63) is 65.2 Å². The quantitative estimate of drug-likeness (QED) is 0.780. The zero-order chi connectivity index (χ0) is 19.1.